The molecule has 0 unspecified atom stereocenters. The Hall–Kier alpha value is -3.44. The van der Waals surface area contributed by atoms with Gasteiger partial charge in [0.15, 0.2) is 0 Å². The second kappa shape index (κ2) is 9.58. The van der Waals surface area contributed by atoms with Crippen LogP contribution >= 0.6 is 0 Å². The molecule has 0 bridgehead atoms. The minimum Gasteiger partial charge on any atom is -0.449 e. The zero-order chi connectivity index (χ0) is 21.6. The van der Waals surface area contributed by atoms with Crippen LogP contribution in [0.1, 0.15) is 34.6 Å². The number of halogens is 1. The van der Waals surface area contributed by atoms with E-state index in [4.69, 9.17) is 10.5 Å². The van der Waals surface area contributed by atoms with Gasteiger partial charge in [0.1, 0.15) is 12.4 Å². The lowest BCUT2D eigenvalue weighted by Crippen LogP contribution is -2.26. The van der Waals surface area contributed by atoms with Crippen molar-refractivity contribution in [3.63, 3.8) is 0 Å². The highest BCUT2D eigenvalue weighted by Crippen LogP contribution is 2.44. The Labute approximate surface area is 181 Å². The van der Waals surface area contributed by atoms with Crippen molar-refractivity contribution in [2.75, 3.05) is 13.2 Å². The van der Waals surface area contributed by atoms with Crippen molar-refractivity contribution >= 4 is 12.2 Å². The molecule has 0 aliphatic heterocycles. The number of carbonyl (C=O) groups excluding carboxylic acids is 1. The Kier molecular flexibility index (Phi) is 6.43. The highest BCUT2D eigenvalue weighted by molar-refractivity contribution is 5.79. The first-order valence-corrected chi connectivity index (χ1v) is 10.4. The van der Waals surface area contributed by atoms with Gasteiger partial charge in [-0.2, -0.15) is 0 Å². The van der Waals surface area contributed by atoms with Gasteiger partial charge in [-0.25, -0.2) is 9.18 Å². The van der Waals surface area contributed by atoms with E-state index in [0.717, 1.165) is 5.56 Å². The van der Waals surface area contributed by atoms with Gasteiger partial charge in [-0.15, -0.1) is 0 Å². The first-order valence-electron chi connectivity index (χ1n) is 10.4. The van der Waals surface area contributed by atoms with Gasteiger partial charge in [0.2, 0.25) is 0 Å². The van der Waals surface area contributed by atoms with Gasteiger partial charge in [-0.3, -0.25) is 0 Å². The van der Waals surface area contributed by atoms with E-state index in [2.05, 4.69) is 29.6 Å². The number of ether oxygens (including phenoxy) is 1. The number of hydrogen-bond donors (Lipinski definition) is 2. The summed E-state index contributed by atoms with van der Waals surface area (Å²) in [5.74, 6) is -0.256. The molecule has 5 heteroatoms. The number of nitrogens with two attached hydrogens (primary N) is 1. The molecule has 4 nitrogen and oxygen atoms in total. The number of fused-ring (bicyclic) bond motifs is 3. The van der Waals surface area contributed by atoms with E-state index >= 15 is 0 Å². The Morgan fingerprint density at radius 3 is 2.39 bits per heavy atom. The quantitative estimate of drug-likeness (QED) is 0.519. The van der Waals surface area contributed by atoms with Crippen molar-refractivity contribution in [1.29, 1.82) is 0 Å². The Morgan fingerprint density at radius 1 is 1.03 bits per heavy atom. The molecule has 158 valence electrons. The van der Waals surface area contributed by atoms with E-state index in [1.165, 1.54) is 28.3 Å². The molecule has 0 heterocycles. The minimum atomic E-state index is -0.452. The largest absolute Gasteiger partial charge is 0.449 e. The summed E-state index contributed by atoms with van der Waals surface area (Å²) in [7, 11) is 0. The molecular weight excluding hydrogens is 391 g/mol. The summed E-state index contributed by atoms with van der Waals surface area (Å²) < 4.78 is 19.3. The fraction of sp³-hybridized carbons (Fsp3) is 0.192. The molecule has 1 aliphatic carbocycles. The van der Waals surface area contributed by atoms with Crippen LogP contribution in [0.2, 0.25) is 0 Å². The van der Waals surface area contributed by atoms with Crippen LogP contribution < -0.4 is 11.1 Å². The predicted molar refractivity (Wildman–Crippen MR) is 121 cm³/mol. The van der Waals surface area contributed by atoms with E-state index in [0.29, 0.717) is 25.1 Å². The van der Waals surface area contributed by atoms with Gasteiger partial charge < -0.3 is 15.8 Å². The van der Waals surface area contributed by atoms with Crippen LogP contribution in [-0.4, -0.2) is 19.2 Å². The molecule has 0 saturated carbocycles. The fourth-order valence-electron chi connectivity index (χ4n) is 3.97. The molecule has 1 amide bonds. The van der Waals surface area contributed by atoms with Gasteiger partial charge in [0.25, 0.3) is 0 Å². The van der Waals surface area contributed by atoms with E-state index < -0.39 is 6.09 Å². The number of alkyl carbamates (subject to hydrolysis) is 1. The zero-order valence-electron chi connectivity index (χ0n) is 17.2. The Morgan fingerprint density at radius 2 is 1.71 bits per heavy atom. The van der Waals surface area contributed by atoms with Crippen LogP contribution in [0.3, 0.4) is 0 Å². The van der Waals surface area contributed by atoms with Gasteiger partial charge in [-0.05, 0) is 46.4 Å². The van der Waals surface area contributed by atoms with Gasteiger partial charge in [0, 0.05) is 24.6 Å². The molecule has 1 aliphatic rings. The summed E-state index contributed by atoms with van der Waals surface area (Å²) >= 11 is 0. The van der Waals surface area contributed by atoms with Crippen molar-refractivity contribution in [1.82, 2.24) is 5.32 Å². The molecule has 0 spiro atoms. The maximum absolute atomic E-state index is 13.8. The smallest absolute Gasteiger partial charge is 0.407 e. The maximum Gasteiger partial charge on any atom is 0.407 e. The van der Waals surface area contributed by atoms with Gasteiger partial charge >= 0.3 is 6.09 Å². The minimum absolute atomic E-state index is 0.0378. The highest BCUT2D eigenvalue weighted by Gasteiger charge is 2.28. The van der Waals surface area contributed by atoms with E-state index in [-0.39, 0.29) is 18.3 Å². The Bertz CT molecular complexity index is 1060. The monoisotopic (exact) mass is 416 g/mol. The standard InChI is InChI=1S/C26H25FN2O2/c27-25-13-12-18(16-28)15-19(25)7-5-6-14-29-26(30)31-17-24-22-10-3-1-8-20(22)21-9-2-4-11-23(21)24/h1-5,7-13,15,24H,6,14,16-17,28H2,(H,29,30). The summed E-state index contributed by atoms with van der Waals surface area (Å²) in [4.78, 5) is 12.2. The molecule has 0 saturated heterocycles. The van der Waals surface area contributed by atoms with Crippen molar-refractivity contribution in [3.05, 3.63) is 101 Å². The third kappa shape index (κ3) is 4.67. The fourth-order valence-corrected chi connectivity index (χ4v) is 3.97. The van der Waals surface area contributed by atoms with Crippen molar-refractivity contribution in [2.24, 2.45) is 5.73 Å². The van der Waals surface area contributed by atoms with Crippen molar-refractivity contribution in [2.45, 2.75) is 18.9 Å². The summed E-state index contributed by atoms with van der Waals surface area (Å²) in [5, 5.41) is 2.75. The molecule has 31 heavy (non-hydrogen) atoms. The lowest BCUT2D eigenvalue weighted by atomic mass is 9.98. The molecule has 4 rings (SSSR count). The van der Waals surface area contributed by atoms with Crippen LogP contribution in [0.4, 0.5) is 9.18 Å². The number of rotatable bonds is 7. The molecule has 0 aromatic heterocycles. The van der Waals surface area contributed by atoms with Crippen LogP contribution in [0.25, 0.3) is 17.2 Å². The Balaban J connectivity index is 1.28. The average molecular weight is 416 g/mol. The molecule has 0 atom stereocenters. The van der Waals surface area contributed by atoms with Gasteiger partial charge in [-0.1, -0.05) is 66.7 Å². The lowest BCUT2D eigenvalue weighted by Gasteiger charge is -2.14. The molecular formula is C26H25FN2O2. The molecule has 3 aromatic rings. The number of hydrogen-bond acceptors (Lipinski definition) is 3. The van der Waals surface area contributed by atoms with Crippen LogP contribution in [-0.2, 0) is 11.3 Å². The number of carbonyl (C=O) groups is 1. The lowest BCUT2D eigenvalue weighted by molar-refractivity contribution is 0.143. The summed E-state index contributed by atoms with van der Waals surface area (Å²) in [5.41, 5.74) is 11.7. The van der Waals surface area contributed by atoms with Crippen LogP contribution in [0, 0.1) is 5.82 Å². The predicted octanol–water partition coefficient (Wildman–Crippen LogP) is 5.23. The van der Waals surface area contributed by atoms with Crippen LogP contribution in [0.5, 0.6) is 0 Å². The molecule has 3 N–H and O–H groups in total. The second-order valence-corrected chi connectivity index (χ2v) is 7.50. The van der Waals surface area contributed by atoms with Gasteiger partial charge in [0.05, 0.1) is 0 Å². The SMILES string of the molecule is NCc1ccc(F)c(C=CCCNC(=O)OCC2c3ccccc3-c3ccccc32)c1. The third-order valence-electron chi connectivity index (χ3n) is 5.52. The summed E-state index contributed by atoms with van der Waals surface area (Å²) in [6.45, 7) is 1.06. The zero-order valence-corrected chi connectivity index (χ0v) is 17.2. The number of nitrogens with one attached hydrogen (secondary N) is 1. The average Bonchev–Trinajstić information content (AvgIpc) is 3.12. The first-order chi connectivity index (χ1) is 15.2. The summed E-state index contributed by atoms with van der Waals surface area (Å²) in [6, 6.07) is 21.3. The highest BCUT2D eigenvalue weighted by atomic mass is 19.1. The normalized spacial score (nSPS) is 12.6. The maximum atomic E-state index is 13.8. The molecule has 0 fully saturated rings. The van der Waals surface area contributed by atoms with E-state index in [9.17, 15) is 9.18 Å². The molecule has 0 radical (unpaired) electrons. The first kappa shape index (κ1) is 20.8. The van der Waals surface area contributed by atoms with Crippen molar-refractivity contribution < 1.29 is 13.9 Å². The topological polar surface area (TPSA) is 64.3 Å². The van der Waals surface area contributed by atoms with E-state index in [1.807, 2.05) is 30.3 Å². The van der Waals surface area contributed by atoms with E-state index in [1.54, 1.807) is 18.2 Å². The van der Waals surface area contributed by atoms with Crippen LogP contribution in [0.15, 0.2) is 72.8 Å². The summed E-state index contributed by atoms with van der Waals surface area (Å²) in [6.07, 6.45) is 3.64. The third-order valence-corrected chi connectivity index (χ3v) is 5.52. The van der Waals surface area contributed by atoms with Crippen molar-refractivity contribution in [3.8, 4) is 11.1 Å². The number of amides is 1. The second-order valence-electron chi connectivity index (χ2n) is 7.50. The number of benzene rings is 3. The molecule has 3 aromatic carbocycles.